The van der Waals surface area contributed by atoms with Crippen molar-refractivity contribution < 1.29 is 14.7 Å². The summed E-state index contributed by atoms with van der Waals surface area (Å²) in [5, 5.41) is 9.12. The van der Waals surface area contributed by atoms with Crippen LogP contribution in [0.3, 0.4) is 0 Å². The van der Waals surface area contributed by atoms with Crippen LogP contribution in [-0.2, 0) is 4.79 Å². The molecule has 0 aromatic heterocycles. The molecule has 0 saturated carbocycles. The third-order valence-corrected chi connectivity index (χ3v) is 4.67. The van der Waals surface area contributed by atoms with Gasteiger partial charge in [-0.3, -0.25) is 9.59 Å². The molecule has 1 fully saturated rings. The van der Waals surface area contributed by atoms with E-state index in [2.05, 4.69) is 22.6 Å². The number of carbonyl (C=O) groups excluding carboxylic acids is 1. The zero-order valence-electron chi connectivity index (χ0n) is 10.9. The molecule has 19 heavy (non-hydrogen) atoms. The minimum absolute atomic E-state index is 0.0567. The summed E-state index contributed by atoms with van der Waals surface area (Å²) >= 11 is 2.15. The molecule has 1 saturated heterocycles. The molecule has 1 aromatic carbocycles. The predicted molar refractivity (Wildman–Crippen MR) is 80.1 cm³/mol. The zero-order chi connectivity index (χ0) is 14.2. The van der Waals surface area contributed by atoms with Crippen molar-refractivity contribution >= 4 is 34.5 Å². The standard InChI is InChI=1S/C14H16INO3/c1-8-4-3-5-11(15)12(8)13(17)16-7-6-10(9(16)2)14(18)19/h3-5,9-10H,6-7H2,1-2H3,(H,18,19). The maximum absolute atomic E-state index is 12.6. The summed E-state index contributed by atoms with van der Waals surface area (Å²) in [6, 6.07) is 5.47. The summed E-state index contributed by atoms with van der Waals surface area (Å²) in [7, 11) is 0. The van der Waals surface area contributed by atoms with Crippen LogP contribution in [0.15, 0.2) is 18.2 Å². The molecule has 0 spiro atoms. The van der Waals surface area contributed by atoms with E-state index in [1.807, 2.05) is 32.0 Å². The second-order valence-electron chi connectivity index (χ2n) is 4.90. The van der Waals surface area contributed by atoms with Gasteiger partial charge in [0, 0.05) is 16.2 Å². The summed E-state index contributed by atoms with van der Waals surface area (Å²) in [4.78, 5) is 25.4. The Morgan fingerprint density at radius 3 is 2.63 bits per heavy atom. The monoisotopic (exact) mass is 373 g/mol. The number of likely N-dealkylation sites (tertiary alicyclic amines) is 1. The zero-order valence-corrected chi connectivity index (χ0v) is 13.0. The Bertz CT molecular complexity index is 509. The van der Waals surface area contributed by atoms with Crippen molar-refractivity contribution in [2.75, 3.05) is 6.54 Å². The van der Waals surface area contributed by atoms with Crippen LogP contribution in [0.5, 0.6) is 0 Å². The second-order valence-corrected chi connectivity index (χ2v) is 6.07. The van der Waals surface area contributed by atoms with Crippen LogP contribution < -0.4 is 0 Å². The van der Waals surface area contributed by atoms with E-state index in [0.29, 0.717) is 18.5 Å². The lowest BCUT2D eigenvalue weighted by atomic mass is 10.0. The van der Waals surface area contributed by atoms with Gasteiger partial charge in [0.2, 0.25) is 0 Å². The van der Waals surface area contributed by atoms with Gasteiger partial charge >= 0.3 is 5.97 Å². The van der Waals surface area contributed by atoms with Crippen LogP contribution in [0.25, 0.3) is 0 Å². The molecular weight excluding hydrogens is 357 g/mol. The number of carbonyl (C=O) groups is 2. The molecule has 2 atom stereocenters. The highest BCUT2D eigenvalue weighted by molar-refractivity contribution is 14.1. The third kappa shape index (κ3) is 2.61. The number of rotatable bonds is 2. The number of aryl methyl sites for hydroxylation is 1. The minimum atomic E-state index is -0.817. The molecule has 0 radical (unpaired) electrons. The van der Waals surface area contributed by atoms with Gasteiger partial charge in [-0.15, -0.1) is 0 Å². The number of carboxylic acid groups (broad SMARTS) is 1. The lowest BCUT2D eigenvalue weighted by Crippen LogP contribution is -2.38. The van der Waals surface area contributed by atoms with Crippen LogP contribution in [0.1, 0.15) is 29.3 Å². The van der Waals surface area contributed by atoms with E-state index in [9.17, 15) is 9.59 Å². The topological polar surface area (TPSA) is 57.6 Å². The number of amides is 1. The number of hydrogen-bond acceptors (Lipinski definition) is 2. The second kappa shape index (κ2) is 5.48. The first kappa shape index (κ1) is 14.3. The van der Waals surface area contributed by atoms with Crippen LogP contribution in [-0.4, -0.2) is 34.5 Å². The first-order chi connectivity index (χ1) is 8.93. The Balaban J connectivity index is 2.29. The van der Waals surface area contributed by atoms with Crippen molar-refractivity contribution in [3.63, 3.8) is 0 Å². The molecular formula is C14H16INO3. The van der Waals surface area contributed by atoms with Gasteiger partial charge < -0.3 is 10.0 Å². The molecule has 2 unspecified atom stereocenters. The molecule has 4 nitrogen and oxygen atoms in total. The normalized spacial score (nSPS) is 22.6. The number of carboxylic acids is 1. The number of nitrogens with zero attached hydrogens (tertiary/aromatic N) is 1. The highest BCUT2D eigenvalue weighted by atomic mass is 127. The lowest BCUT2D eigenvalue weighted by molar-refractivity contribution is -0.142. The van der Waals surface area contributed by atoms with Crippen LogP contribution in [0.4, 0.5) is 0 Å². The fourth-order valence-corrected chi connectivity index (χ4v) is 3.47. The van der Waals surface area contributed by atoms with Crippen molar-refractivity contribution in [1.82, 2.24) is 4.90 Å². The predicted octanol–water partition coefficient (Wildman–Crippen LogP) is 2.53. The highest BCUT2D eigenvalue weighted by Crippen LogP contribution is 2.28. The molecule has 1 amide bonds. The Morgan fingerprint density at radius 2 is 2.11 bits per heavy atom. The van der Waals surface area contributed by atoms with Gasteiger partial charge in [-0.25, -0.2) is 0 Å². The Hall–Kier alpha value is -1.11. The number of hydrogen-bond donors (Lipinski definition) is 1. The number of aliphatic carboxylic acids is 1. The van der Waals surface area contributed by atoms with Gasteiger partial charge in [0.1, 0.15) is 0 Å². The van der Waals surface area contributed by atoms with Gasteiger partial charge in [0.15, 0.2) is 0 Å². The van der Waals surface area contributed by atoms with E-state index in [4.69, 9.17) is 5.11 Å². The Morgan fingerprint density at radius 1 is 1.42 bits per heavy atom. The summed E-state index contributed by atoms with van der Waals surface area (Å²) in [5.41, 5.74) is 1.63. The van der Waals surface area contributed by atoms with E-state index in [1.165, 1.54) is 0 Å². The molecule has 1 aliphatic rings. The maximum Gasteiger partial charge on any atom is 0.308 e. The number of benzene rings is 1. The van der Waals surface area contributed by atoms with Gasteiger partial charge in [0.05, 0.1) is 11.5 Å². The van der Waals surface area contributed by atoms with Crippen molar-refractivity contribution in [2.24, 2.45) is 5.92 Å². The van der Waals surface area contributed by atoms with Crippen molar-refractivity contribution in [3.05, 3.63) is 32.9 Å². The maximum atomic E-state index is 12.6. The molecule has 1 aromatic rings. The average Bonchev–Trinajstić information content (AvgIpc) is 2.70. The summed E-state index contributed by atoms with van der Waals surface area (Å²) in [6.45, 7) is 4.24. The first-order valence-electron chi connectivity index (χ1n) is 6.22. The van der Waals surface area contributed by atoms with E-state index < -0.39 is 11.9 Å². The average molecular weight is 373 g/mol. The van der Waals surface area contributed by atoms with Gasteiger partial charge in [-0.05, 0) is 54.5 Å². The van der Waals surface area contributed by atoms with Crippen LogP contribution in [0, 0.1) is 16.4 Å². The van der Waals surface area contributed by atoms with Crippen LogP contribution >= 0.6 is 22.6 Å². The van der Waals surface area contributed by atoms with E-state index in [1.54, 1.807) is 4.90 Å². The van der Waals surface area contributed by atoms with E-state index in [-0.39, 0.29) is 11.9 Å². The van der Waals surface area contributed by atoms with Crippen molar-refractivity contribution in [1.29, 1.82) is 0 Å². The smallest absolute Gasteiger partial charge is 0.308 e. The third-order valence-electron chi connectivity index (χ3n) is 3.77. The lowest BCUT2D eigenvalue weighted by Gasteiger charge is -2.24. The summed E-state index contributed by atoms with van der Waals surface area (Å²) in [5.74, 6) is -1.33. The van der Waals surface area contributed by atoms with Crippen LogP contribution in [0.2, 0.25) is 0 Å². The minimum Gasteiger partial charge on any atom is -0.481 e. The molecule has 2 rings (SSSR count). The molecule has 1 heterocycles. The van der Waals surface area contributed by atoms with Crippen molar-refractivity contribution in [3.8, 4) is 0 Å². The molecule has 0 bridgehead atoms. The van der Waals surface area contributed by atoms with Gasteiger partial charge in [-0.1, -0.05) is 12.1 Å². The fourth-order valence-electron chi connectivity index (χ4n) is 2.60. The summed E-state index contributed by atoms with van der Waals surface area (Å²) in [6.07, 6.45) is 0.532. The van der Waals surface area contributed by atoms with Gasteiger partial charge in [0.25, 0.3) is 5.91 Å². The van der Waals surface area contributed by atoms with E-state index >= 15 is 0 Å². The Labute approximate surface area is 125 Å². The first-order valence-corrected chi connectivity index (χ1v) is 7.30. The largest absolute Gasteiger partial charge is 0.481 e. The summed E-state index contributed by atoms with van der Waals surface area (Å²) < 4.78 is 0.911. The Kier molecular flexibility index (Phi) is 4.13. The quantitative estimate of drug-likeness (QED) is 0.811. The molecule has 5 heteroatoms. The molecule has 0 aliphatic carbocycles. The van der Waals surface area contributed by atoms with E-state index in [0.717, 1.165) is 9.13 Å². The fraction of sp³-hybridized carbons (Fsp3) is 0.429. The highest BCUT2D eigenvalue weighted by Gasteiger charge is 2.38. The number of halogens is 1. The molecule has 1 N–H and O–H groups in total. The van der Waals surface area contributed by atoms with Crippen molar-refractivity contribution in [2.45, 2.75) is 26.3 Å². The molecule has 1 aliphatic heterocycles. The van der Waals surface area contributed by atoms with Gasteiger partial charge in [-0.2, -0.15) is 0 Å². The molecule has 102 valence electrons. The SMILES string of the molecule is Cc1cccc(I)c1C(=O)N1CCC(C(=O)O)C1C.